The molecule has 2 aliphatic rings. The number of hydrogen-bond donors (Lipinski definition) is 4. The van der Waals surface area contributed by atoms with Crippen molar-refractivity contribution in [2.45, 2.75) is 12.3 Å². The highest BCUT2D eigenvalue weighted by Crippen LogP contribution is 1.98. The van der Waals surface area contributed by atoms with Gasteiger partial charge < -0.3 is 10.6 Å². The average Bonchev–Trinajstić information content (AvgIpc) is 2.22. The molecule has 2 fully saturated rings. The monoisotopic (exact) mass is 144 g/mol. The fraction of sp³-hybridized carbons (Fsp3) is 0.750. The first-order chi connectivity index (χ1) is 4.36. The van der Waals surface area contributed by atoms with E-state index >= 15 is 0 Å². The number of nitrogens with one attached hydrogen (secondary N) is 4. The van der Waals surface area contributed by atoms with Gasteiger partial charge in [-0.15, -0.1) is 0 Å². The van der Waals surface area contributed by atoms with Crippen LogP contribution in [0.25, 0.3) is 0 Å². The Labute approximate surface area is 58.4 Å². The van der Waals surface area contributed by atoms with Gasteiger partial charge in [0.1, 0.15) is 12.3 Å². The third-order valence-corrected chi connectivity index (χ3v) is 1.79. The van der Waals surface area contributed by atoms with Gasteiger partial charge in [0.2, 0.25) is 0 Å². The quantitative estimate of drug-likeness (QED) is 0.304. The molecule has 9 heavy (non-hydrogen) atoms. The zero-order chi connectivity index (χ0) is 6.27. The Balaban J connectivity index is 2.09. The second-order valence-electron chi connectivity index (χ2n) is 2.16. The number of hydrogen-bond acceptors (Lipinski definition) is 3. The van der Waals surface area contributed by atoms with Crippen molar-refractivity contribution in [1.82, 2.24) is 21.3 Å². The van der Waals surface area contributed by atoms with Gasteiger partial charge >= 0.3 is 0 Å². The Morgan fingerprint density at radius 3 is 2.33 bits per heavy atom. The van der Waals surface area contributed by atoms with Crippen molar-refractivity contribution < 1.29 is 0 Å². The lowest BCUT2D eigenvalue weighted by molar-refractivity contribution is 0.522. The Kier molecular flexibility index (Phi) is 1.08. The maximum atomic E-state index is 4.87. The molecule has 4 nitrogen and oxygen atoms in total. The molecule has 2 saturated heterocycles. The summed E-state index contributed by atoms with van der Waals surface area (Å²) in [6, 6.07) is 0. The summed E-state index contributed by atoms with van der Waals surface area (Å²) in [5, 5.41) is 13.2. The smallest absolute Gasteiger partial charge is 0.168 e. The maximum Gasteiger partial charge on any atom is 0.168 e. The third kappa shape index (κ3) is 0.772. The van der Waals surface area contributed by atoms with E-state index in [-0.39, 0.29) is 12.3 Å². The number of thiocarbonyl (C=S) groups is 1. The molecule has 0 aromatic carbocycles. The first-order valence-electron chi connectivity index (χ1n) is 2.90. The Hall–Kier alpha value is -0.390. The van der Waals surface area contributed by atoms with Crippen LogP contribution in [0.2, 0.25) is 0 Å². The lowest BCUT2D eigenvalue weighted by Gasteiger charge is -2.04. The molecule has 5 heteroatoms. The summed E-state index contributed by atoms with van der Waals surface area (Å²) in [6.07, 6.45) is 0.579. The molecule has 4 N–H and O–H groups in total. The molecular weight excluding hydrogens is 136 g/mol. The van der Waals surface area contributed by atoms with Gasteiger partial charge in [-0.25, -0.2) is 0 Å². The molecule has 2 atom stereocenters. The molecule has 0 bridgehead atoms. The summed E-state index contributed by atoms with van der Waals surface area (Å²) in [4.78, 5) is 0. The van der Waals surface area contributed by atoms with E-state index in [1.54, 1.807) is 0 Å². The van der Waals surface area contributed by atoms with Crippen molar-refractivity contribution in [3.63, 3.8) is 0 Å². The lowest BCUT2D eigenvalue weighted by atomic mass is 10.4. The van der Waals surface area contributed by atoms with E-state index in [2.05, 4.69) is 21.3 Å². The van der Waals surface area contributed by atoms with Crippen LogP contribution in [-0.4, -0.2) is 24.1 Å². The van der Waals surface area contributed by atoms with Crippen LogP contribution in [0.5, 0.6) is 0 Å². The van der Waals surface area contributed by atoms with Gasteiger partial charge in [0.05, 0.1) is 0 Å². The molecule has 50 valence electrons. The molecule has 0 saturated carbocycles. The Bertz CT molecular complexity index is 134. The van der Waals surface area contributed by atoms with Gasteiger partial charge in [0.15, 0.2) is 5.11 Å². The van der Waals surface area contributed by atoms with Gasteiger partial charge in [0, 0.05) is 6.67 Å². The van der Waals surface area contributed by atoms with Crippen LogP contribution >= 0.6 is 12.2 Å². The summed E-state index contributed by atoms with van der Waals surface area (Å²) in [6.45, 7) is 0.845. The normalized spacial score (nSPS) is 39.8. The minimum atomic E-state index is 0.289. The van der Waals surface area contributed by atoms with Gasteiger partial charge in [0.25, 0.3) is 0 Å². The van der Waals surface area contributed by atoms with Crippen LogP contribution in [0.1, 0.15) is 0 Å². The second kappa shape index (κ2) is 1.80. The molecule has 0 unspecified atom stereocenters. The fourth-order valence-corrected chi connectivity index (χ4v) is 1.36. The zero-order valence-electron chi connectivity index (χ0n) is 4.77. The molecule has 0 aliphatic carbocycles. The summed E-state index contributed by atoms with van der Waals surface area (Å²) < 4.78 is 0. The molecule has 0 spiro atoms. The second-order valence-corrected chi connectivity index (χ2v) is 2.57. The van der Waals surface area contributed by atoms with Crippen LogP contribution in [-0.2, 0) is 0 Å². The molecule has 0 aromatic heterocycles. The van der Waals surface area contributed by atoms with E-state index in [9.17, 15) is 0 Å². The standard InChI is InChI=1S/C4H8N4S/c9-4-7-2-3(8-4)6-1-5-2/h2-3,5-6H,1H2,(H2,7,8,9)/t2-,3-/m1/s1. The highest BCUT2D eigenvalue weighted by atomic mass is 32.1. The minimum absolute atomic E-state index is 0.289. The summed E-state index contributed by atoms with van der Waals surface area (Å²) in [7, 11) is 0. The van der Waals surface area contributed by atoms with Crippen LogP contribution < -0.4 is 21.3 Å². The average molecular weight is 144 g/mol. The first kappa shape index (κ1) is 5.40. The van der Waals surface area contributed by atoms with E-state index < -0.39 is 0 Å². The van der Waals surface area contributed by atoms with Crippen LogP contribution in [0.4, 0.5) is 0 Å². The highest BCUT2D eigenvalue weighted by molar-refractivity contribution is 7.80. The van der Waals surface area contributed by atoms with Crippen molar-refractivity contribution in [3.05, 3.63) is 0 Å². The Morgan fingerprint density at radius 2 is 1.78 bits per heavy atom. The van der Waals surface area contributed by atoms with E-state index in [4.69, 9.17) is 12.2 Å². The SMILES string of the molecule is S=C1N[C@H]2NCN[C@@H]2N1. The molecule has 0 amide bonds. The van der Waals surface area contributed by atoms with Crippen LogP contribution in [0, 0.1) is 0 Å². The maximum absolute atomic E-state index is 4.87. The zero-order valence-corrected chi connectivity index (χ0v) is 5.59. The fourth-order valence-electron chi connectivity index (χ4n) is 1.11. The van der Waals surface area contributed by atoms with Gasteiger partial charge in [-0.2, -0.15) is 0 Å². The van der Waals surface area contributed by atoms with E-state index in [1.807, 2.05) is 0 Å². The van der Waals surface area contributed by atoms with Crippen molar-refractivity contribution in [2.75, 3.05) is 6.67 Å². The molecular formula is C4H8N4S. The number of fused-ring (bicyclic) bond motifs is 1. The third-order valence-electron chi connectivity index (χ3n) is 1.55. The summed E-state index contributed by atoms with van der Waals surface area (Å²) >= 11 is 4.87. The van der Waals surface area contributed by atoms with E-state index in [0.717, 1.165) is 11.8 Å². The van der Waals surface area contributed by atoms with Crippen molar-refractivity contribution >= 4 is 17.3 Å². The first-order valence-corrected chi connectivity index (χ1v) is 3.31. The van der Waals surface area contributed by atoms with Crippen LogP contribution in [0.15, 0.2) is 0 Å². The van der Waals surface area contributed by atoms with Gasteiger partial charge in [-0.1, -0.05) is 0 Å². The predicted octanol–water partition coefficient (Wildman–Crippen LogP) is -1.73. The molecule has 0 radical (unpaired) electrons. The van der Waals surface area contributed by atoms with Gasteiger partial charge in [-0.3, -0.25) is 10.6 Å². The van der Waals surface area contributed by atoms with Crippen molar-refractivity contribution in [2.24, 2.45) is 0 Å². The lowest BCUT2D eigenvalue weighted by Crippen LogP contribution is -2.39. The molecule has 2 rings (SSSR count). The van der Waals surface area contributed by atoms with E-state index in [1.165, 1.54) is 0 Å². The summed E-state index contributed by atoms with van der Waals surface area (Å²) in [5.74, 6) is 0. The molecule has 2 heterocycles. The van der Waals surface area contributed by atoms with Crippen molar-refractivity contribution in [1.29, 1.82) is 0 Å². The van der Waals surface area contributed by atoms with E-state index in [0.29, 0.717) is 0 Å². The van der Waals surface area contributed by atoms with Crippen molar-refractivity contribution in [3.8, 4) is 0 Å². The largest absolute Gasteiger partial charge is 0.344 e. The summed E-state index contributed by atoms with van der Waals surface area (Å²) in [5.41, 5.74) is 0. The molecule has 0 aromatic rings. The highest BCUT2D eigenvalue weighted by Gasteiger charge is 2.32. The predicted molar refractivity (Wildman–Crippen MR) is 37.6 cm³/mol. The minimum Gasteiger partial charge on any atom is -0.344 e. The van der Waals surface area contributed by atoms with Gasteiger partial charge in [-0.05, 0) is 12.2 Å². The van der Waals surface area contributed by atoms with Crippen LogP contribution in [0.3, 0.4) is 0 Å². The number of rotatable bonds is 0. The topological polar surface area (TPSA) is 48.1 Å². The Morgan fingerprint density at radius 1 is 1.22 bits per heavy atom. The molecule has 2 aliphatic heterocycles.